The molecule has 0 aliphatic heterocycles. The van der Waals surface area contributed by atoms with Crippen LogP contribution in [0.4, 0.5) is 0 Å². The van der Waals surface area contributed by atoms with Crippen LogP contribution in [-0.2, 0) is 6.42 Å². The molecule has 0 aliphatic carbocycles. The van der Waals surface area contributed by atoms with Crippen molar-refractivity contribution in [3.8, 4) is 0 Å². The number of H-pyrrole nitrogens is 1. The lowest BCUT2D eigenvalue weighted by Gasteiger charge is -1.93. The van der Waals surface area contributed by atoms with E-state index < -0.39 is 0 Å². The first-order chi connectivity index (χ1) is 6.40. The Morgan fingerprint density at radius 2 is 2.08 bits per heavy atom. The molecule has 1 heterocycles. The summed E-state index contributed by atoms with van der Waals surface area (Å²) in [5.74, 6) is 0. The summed E-state index contributed by atoms with van der Waals surface area (Å²) < 4.78 is 0. The normalized spacial score (nSPS) is 9.46. The van der Waals surface area contributed by atoms with Gasteiger partial charge in [-0.3, -0.25) is 0 Å². The Hall–Kier alpha value is -1.31. The third-order valence-electron chi connectivity index (χ3n) is 1.89. The molecule has 0 bridgehead atoms. The number of rotatable bonds is 1. The summed E-state index contributed by atoms with van der Waals surface area (Å²) in [5.41, 5.74) is 3.52. The molecule has 0 fully saturated rings. The summed E-state index contributed by atoms with van der Waals surface area (Å²) in [5, 5.41) is 0. The maximum atomic E-state index is 4.14. The van der Waals surface area contributed by atoms with E-state index in [0.717, 1.165) is 17.5 Å². The minimum absolute atomic E-state index is 1.04. The molecule has 0 spiro atoms. The maximum absolute atomic E-state index is 4.14. The van der Waals surface area contributed by atoms with Crippen molar-refractivity contribution in [1.82, 2.24) is 9.97 Å². The molecular formula is C11H16N2. The van der Waals surface area contributed by atoms with Crippen LogP contribution in [0.15, 0.2) is 24.5 Å². The molecule has 2 nitrogen and oxygen atoms in total. The number of hydrogen-bond donors (Lipinski definition) is 1. The van der Waals surface area contributed by atoms with Gasteiger partial charge in [-0.1, -0.05) is 26.8 Å². The zero-order valence-electron chi connectivity index (χ0n) is 8.46. The Kier molecular flexibility index (Phi) is 3.50. The van der Waals surface area contributed by atoms with Crippen LogP contribution >= 0.6 is 0 Å². The zero-order chi connectivity index (χ0) is 9.68. The largest absolute Gasteiger partial charge is 0.345 e. The van der Waals surface area contributed by atoms with Crippen LogP contribution in [-0.4, -0.2) is 9.97 Å². The average Bonchev–Trinajstić information content (AvgIpc) is 2.67. The topological polar surface area (TPSA) is 28.7 Å². The van der Waals surface area contributed by atoms with Gasteiger partial charge in [0, 0.05) is 0 Å². The lowest BCUT2D eigenvalue weighted by Crippen LogP contribution is -1.78. The van der Waals surface area contributed by atoms with E-state index in [1.807, 2.05) is 19.9 Å². The number of aromatic nitrogens is 2. The molecule has 0 aliphatic rings. The Balaban J connectivity index is 0.000000396. The molecular weight excluding hydrogens is 160 g/mol. The van der Waals surface area contributed by atoms with E-state index in [1.165, 1.54) is 5.56 Å². The van der Waals surface area contributed by atoms with E-state index in [-0.39, 0.29) is 0 Å². The summed E-state index contributed by atoms with van der Waals surface area (Å²) in [7, 11) is 0. The van der Waals surface area contributed by atoms with Gasteiger partial charge in [0.05, 0.1) is 17.4 Å². The summed E-state index contributed by atoms with van der Waals surface area (Å²) >= 11 is 0. The molecule has 0 atom stereocenters. The molecule has 1 aromatic carbocycles. The molecule has 0 amide bonds. The van der Waals surface area contributed by atoms with Crippen molar-refractivity contribution in [2.24, 2.45) is 0 Å². The fourth-order valence-electron chi connectivity index (χ4n) is 1.20. The van der Waals surface area contributed by atoms with Crippen LogP contribution in [0.2, 0.25) is 0 Å². The quantitative estimate of drug-likeness (QED) is 0.710. The van der Waals surface area contributed by atoms with Gasteiger partial charge in [-0.25, -0.2) is 4.98 Å². The van der Waals surface area contributed by atoms with Gasteiger partial charge < -0.3 is 4.98 Å². The fraction of sp³-hybridized carbons (Fsp3) is 0.364. The van der Waals surface area contributed by atoms with Gasteiger partial charge in [0.1, 0.15) is 0 Å². The highest BCUT2D eigenvalue weighted by Crippen LogP contribution is 2.11. The van der Waals surface area contributed by atoms with E-state index in [4.69, 9.17) is 0 Å². The highest BCUT2D eigenvalue weighted by atomic mass is 14.9. The molecule has 1 aromatic heterocycles. The monoisotopic (exact) mass is 176 g/mol. The van der Waals surface area contributed by atoms with Crippen LogP contribution in [0, 0.1) is 0 Å². The number of nitrogens with one attached hydrogen (secondary N) is 1. The Bertz CT molecular complexity index is 363. The van der Waals surface area contributed by atoms with Gasteiger partial charge in [-0.15, -0.1) is 0 Å². The highest BCUT2D eigenvalue weighted by molar-refractivity contribution is 5.74. The van der Waals surface area contributed by atoms with E-state index in [0.29, 0.717) is 0 Å². The first-order valence-corrected chi connectivity index (χ1v) is 4.82. The molecule has 2 aromatic rings. The van der Waals surface area contributed by atoms with Crippen molar-refractivity contribution in [3.05, 3.63) is 30.1 Å². The third kappa shape index (κ3) is 2.08. The number of fused-ring (bicyclic) bond motifs is 1. The minimum Gasteiger partial charge on any atom is -0.345 e. The summed E-state index contributed by atoms with van der Waals surface area (Å²) in [4.78, 5) is 7.22. The van der Waals surface area contributed by atoms with E-state index in [9.17, 15) is 0 Å². The van der Waals surface area contributed by atoms with Crippen molar-refractivity contribution in [2.75, 3.05) is 0 Å². The summed E-state index contributed by atoms with van der Waals surface area (Å²) in [6, 6.07) is 6.30. The van der Waals surface area contributed by atoms with Gasteiger partial charge in [0.25, 0.3) is 0 Å². The van der Waals surface area contributed by atoms with Gasteiger partial charge in [0.2, 0.25) is 0 Å². The molecule has 13 heavy (non-hydrogen) atoms. The minimum atomic E-state index is 1.04. The number of imidazole rings is 1. The van der Waals surface area contributed by atoms with Crippen LogP contribution in [0.3, 0.4) is 0 Å². The Labute approximate surface area is 79.0 Å². The number of hydrogen-bond acceptors (Lipinski definition) is 1. The number of nitrogens with zero attached hydrogens (tertiary/aromatic N) is 1. The maximum Gasteiger partial charge on any atom is 0.0931 e. The SMILES string of the molecule is CC.CCc1ccc2nc[nH]c2c1. The second-order valence-electron chi connectivity index (χ2n) is 2.61. The summed E-state index contributed by atoms with van der Waals surface area (Å²) in [6.45, 7) is 6.15. The standard InChI is InChI=1S/C9H10N2.C2H6/c1-2-7-3-4-8-9(5-7)11-6-10-8;1-2/h3-6H,2H2,1H3,(H,10,11);1-2H3. The van der Waals surface area contributed by atoms with Crippen molar-refractivity contribution >= 4 is 11.0 Å². The second kappa shape index (κ2) is 4.65. The lowest BCUT2D eigenvalue weighted by molar-refractivity contribution is 1.14. The number of aromatic amines is 1. The predicted molar refractivity (Wildman–Crippen MR) is 56.8 cm³/mol. The fourth-order valence-corrected chi connectivity index (χ4v) is 1.20. The van der Waals surface area contributed by atoms with E-state index in [2.05, 4.69) is 29.0 Å². The molecule has 0 saturated heterocycles. The average molecular weight is 176 g/mol. The molecule has 70 valence electrons. The lowest BCUT2D eigenvalue weighted by atomic mass is 10.1. The van der Waals surface area contributed by atoms with Gasteiger partial charge in [0.15, 0.2) is 0 Å². The number of aryl methyl sites for hydroxylation is 1. The first kappa shape index (κ1) is 9.78. The van der Waals surface area contributed by atoms with Crippen LogP contribution in [0.5, 0.6) is 0 Å². The first-order valence-electron chi connectivity index (χ1n) is 4.82. The Morgan fingerprint density at radius 3 is 2.77 bits per heavy atom. The Morgan fingerprint density at radius 1 is 1.31 bits per heavy atom. The van der Waals surface area contributed by atoms with Crippen LogP contribution in [0.25, 0.3) is 11.0 Å². The van der Waals surface area contributed by atoms with Crippen molar-refractivity contribution in [3.63, 3.8) is 0 Å². The van der Waals surface area contributed by atoms with Crippen LogP contribution < -0.4 is 0 Å². The van der Waals surface area contributed by atoms with Crippen molar-refractivity contribution < 1.29 is 0 Å². The molecule has 0 unspecified atom stereocenters. The van der Waals surface area contributed by atoms with Gasteiger partial charge >= 0.3 is 0 Å². The highest BCUT2D eigenvalue weighted by Gasteiger charge is 1.94. The predicted octanol–water partition coefficient (Wildman–Crippen LogP) is 3.15. The smallest absolute Gasteiger partial charge is 0.0931 e. The van der Waals surface area contributed by atoms with Crippen molar-refractivity contribution in [1.29, 1.82) is 0 Å². The molecule has 0 radical (unpaired) electrons. The van der Waals surface area contributed by atoms with Crippen LogP contribution in [0.1, 0.15) is 26.3 Å². The molecule has 0 saturated carbocycles. The van der Waals surface area contributed by atoms with Gasteiger partial charge in [-0.05, 0) is 24.1 Å². The second-order valence-corrected chi connectivity index (χ2v) is 2.61. The molecule has 2 heteroatoms. The van der Waals surface area contributed by atoms with Crippen molar-refractivity contribution in [2.45, 2.75) is 27.2 Å². The van der Waals surface area contributed by atoms with E-state index in [1.54, 1.807) is 6.33 Å². The van der Waals surface area contributed by atoms with E-state index >= 15 is 0 Å². The van der Waals surface area contributed by atoms with Gasteiger partial charge in [-0.2, -0.15) is 0 Å². The zero-order valence-corrected chi connectivity index (χ0v) is 8.46. The molecule has 2 rings (SSSR count). The number of benzene rings is 1. The third-order valence-corrected chi connectivity index (χ3v) is 1.89. The molecule has 1 N–H and O–H groups in total. The summed E-state index contributed by atoms with van der Waals surface area (Å²) in [6.07, 6.45) is 2.80.